The molecule has 4 heterocycles. The molecule has 0 saturated carbocycles. The highest BCUT2D eigenvalue weighted by atomic mass is 15.1. The van der Waals surface area contributed by atoms with E-state index in [1.165, 1.54) is 31.5 Å². The Morgan fingerprint density at radius 3 is 2.43 bits per heavy atom. The first-order valence-corrected chi connectivity index (χ1v) is 9.12. The van der Waals surface area contributed by atoms with Crippen LogP contribution < -0.4 is 10.6 Å². The van der Waals surface area contributed by atoms with Crippen molar-refractivity contribution < 1.29 is 0 Å². The van der Waals surface area contributed by atoms with Gasteiger partial charge in [0.2, 0.25) is 0 Å². The van der Waals surface area contributed by atoms with Crippen molar-refractivity contribution in [3.63, 3.8) is 0 Å². The van der Waals surface area contributed by atoms with Gasteiger partial charge in [-0.3, -0.25) is 0 Å². The minimum Gasteiger partial charge on any atom is -0.317 e. The highest BCUT2D eigenvalue weighted by Gasteiger charge is 2.21. The van der Waals surface area contributed by atoms with Crippen LogP contribution in [-0.4, -0.2) is 40.7 Å². The summed E-state index contributed by atoms with van der Waals surface area (Å²) in [6.07, 6.45) is 8.06. The largest absolute Gasteiger partial charge is 0.317 e. The van der Waals surface area contributed by atoms with E-state index in [0.717, 1.165) is 62.1 Å². The molecule has 0 aromatic carbocycles. The van der Waals surface area contributed by atoms with Crippen LogP contribution in [0.2, 0.25) is 0 Å². The van der Waals surface area contributed by atoms with Gasteiger partial charge in [-0.25, -0.2) is 9.97 Å². The van der Waals surface area contributed by atoms with Crippen molar-refractivity contribution in [1.29, 1.82) is 0 Å². The zero-order chi connectivity index (χ0) is 15.5. The molecule has 2 fully saturated rings. The number of fused-ring (bicyclic) bond motifs is 1. The smallest absolute Gasteiger partial charge is 0.159 e. The molecule has 0 spiro atoms. The molecule has 0 bridgehead atoms. The Kier molecular flexibility index (Phi) is 4.57. The number of imidazole rings is 1. The van der Waals surface area contributed by atoms with Crippen LogP contribution in [0.1, 0.15) is 31.5 Å². The zero-order valence-electron chi connectivity index (χ0n) is 13.8. The first kappa shape index (κ1) is 15.1. The summed E-state index contributed by atoms with van der Waals surface area (Å²) in [5.74, 6) is 2.77. The Labute approximate surface area is 137 Å². The second-order valence-corrected chi connectivity index (χ2v) is 7.08. The molecule has 124 valence electrons. The Balaban J connectivity index is 1.60. The molecule has 0 radical (unpaired) electrons. The van der Waals surface area contributed by atoms with Crippen molar-refractivity contribution in [2.45, 2.75) is 38.6 Å². The van der Waals surface area contributed by atoms with Gasteiger partial charge in [0, 0.05) is 19.2 Å². The molecule has 2 aliphatic heterocycles. The fraction of sp³-hybridized carbons (Fsp3) is 0.667. The topological polar surface area (TPSA) is 54.8 Å². The van der Waals surface area contributed by atoms with Crippen molar-refractivity contribution in [2.75, 3.05) is 26.2 Å². The molecule has 2 N–H and O–H groups in total. The summed E-state index contributed by atoms with van der Waals surface area (Å²) in [5, 5.41) is 6.93. The van der Waals surface area contributed by atoms with Gasteiger partial charge in [0.15, 0.2) is 5.65 Å². The van der Waals surface area contributed by atoms with Gasteiger partial charge in [0.25, 0.3) is 0 Å². The number of pyridine rings is 1. The quantitative estimate of drug-likeness (QED) is 0.906. The summed E-state index contributed by atoms with van der Waals surface area (Å²) in [7, 11) is 0. The number of hydrogen-bond acceptors (Lipinski definition) is 4. The highest BCUT2D eigenvalue weighted by molar-refractivity contribution is 5.71. The number of piperidine rings is 2. The lowest BCUT2D eigenvalue weighted by molar-refractivity contribution is 0.322. The lowest BCUT2D eigenvalue weighted by atomic mass is 9.94. The lowest BCUT2D eigenvalue weighted by Gasteiger charge is -2.25. The van der Waals surface area contributed by atoms with Crippen LogP contribution in [0, 0.1) is 11.8 Å². The third kappa shape index (κ3) is 3.40. The number of aromatic nitrogens is 3. The Bertz CT molecular complexity index is 638. The van der Waals surface area contributed by atoms with Crippen LogP contribution >= 0.6 is 0 Å². The second kappa shape index (κ2) is 6.97. The van der Waals surface area contributed by atoms with E-state index in [1.54, 1.807) is 0 Å². The molecule has 0 amide bonds. The van der Waals surface area contributed by atoms with E-state index < -0.39 is 0 Å². The molecule has 5 heteroatoms. The summed E-state index contributed by atoms with van der Waals surface area (Å²) in [6.45, 7) is 5.67. The highest BCUT2D eigenvalue weighted by Crippen LogP contribution is 2.24. The molecule has 2 aromatic heterocycles. The number of nitrogens with zero attached hydrogens (tertiary/aromatic N) is 3. The van der Waals surface area contributed by atoms with Gasteiger partial charge < -0.3 is 15.2 Å². The fourth-order valence-electron chi connectivity index (χ4n) is 4.02. The second-order valence-electron chi connectivity index (χ2n) is 7.08. The van der Waals surface area contributed by atoms with E-state index in [-0.39, 0.29) is 0 Å². The van der Waals surface area contributed by atoms with Crippen LogP contribution in [0.15, 0.2) is 18.3 Å². The maximum Gasteiger partial charge on any atom is 0.159 e. The van der Waals surface area contributed by atoms with Crippen molar-refractivity contribution in [2.24, 2.45) is 11.8 Å². The SMILES string of the molecule is c1cnc2c(c1)nc(CC1CCNCC1)n2CC1CCNCC1. The van der Waals surface area contributed by atoms with Crippen LogP contribution in [0.4, 0.5) is 0 Å². The lowest BCUT2D eigenvalue weighted by Crippen LogP contribution is -2.31. The summed E-state index contributed by atoms with van der Waals surface area (Å²) in [6, 6.07) is 4.10. The first-order chi connectivity index (χ1) is 11.4. The maximum absolute atomic E-state index is 4.94. The zero-order valence-corrected chi connectivity index (χ0v) is 13.8. The fourth-order valence-corrected chi connectivity index (χ4v) is 4.02. The molecular weight excluding hydrogens is 286 g/mol. The Morgan fingerprint density at radius 1 is 1.00 bits per heavy atom. The monoisotopic (exact) mass is 313 g/mol. The average molecular weight is 313 g/mol. The Morgan fingerprint density at radius 2 is 1.70 bits per heavy atom. The Hall–Kier alpha value is -1.46. The van der Waals surface area contributed by atoms with E-state index in [1.807, 2.05) is 12.3 Å². The van der Waals surface area contributed by atoms with Gasteiger partial charge in [-0.1, -0.05) is 0 Å². The third-order valence-electron chi connectivity index (χ3n) is 5.41. The normalized spacial score (nSPS) is 21.0. The number of nitrogens with one attached hydrogen (secondary N) is 2. The molecule has 2 aliphatic rings. The van der Waals surface area contributed by atoms with Crippen LogP contribution in [-0.2, 0) is 13.0 Å². The van der Waals surface area contributed by atoms with Crippen molar-refractivity contribution >= 4 is 11.2 Å². The van der Waals surface area contributed by atoms with Crippen molar-refractivity contribution in [3.8, 4) is 0 Å². The van der Waals surface area contributed by atoms with E-state index in [0.29, 0.717) is 0 Å². The summed E-state index contributed by atoms with van der Waals surface area (Å²) < 4.78 is 2.42. The van der Waals surface area contributed by atoms with Gasteiger partial charge in [0.1, 0.15) is 11.3 Å². The standard InChI is InChI=1S/C18H27N5/c1-2-16-18(21-7-1)23(13-15-5-10-20-11-6-15)17(22-16)12-14-3-8-19-9-4-14/h1-2,7,14-15,19-20H,3-6,8-13H2. The molecule has 4 rings (SSSR count). The maximum atomic E-state index is 4.94. The van der Waals surface area contributed by atoms with E-state index in [4.69, 9.17) is 4.98 Å². The van der Waals surface area contributed by atoms with Gasteiger partial charge in [-0.05, 0) is 75.8 Å². The van der Waals surface area contributed by atoms with E-state index in [9.17, 15) is 0 Å². The van der Waals surface area contributed by atoms with Gasteiger partial charge in [-0.2, -0.15) is 0 Å². The van der Waals surface area contributed by atoms with Crippen LogP contribution in [0.3, 0.4) is 0 Å². The predicted octanol–water partition coefficient (Wildman–Crippen LogP) is 1.97. The molecule has 23 heavy (non-hydrogen) atoms. The van der Waals surface area contributed by atoms with Gasteiger partial charge in [0.05, 0.1) is 0 Å². The molecule has 2 aromatic rings. The predicted molar refractivity (Wildman–Crippen MR) is 92.4 cm³/mol. The van der Waals surface area contributed by atoms with E-state index in [2.05, 4.69) is 26.3 Å². The summed E-state index contributed by atoms with van der Waals surface area (Å²) >= 11 is 0. The van der Waals surface area contributed by atoms with Crippen molar-refractivity contribution in [3.05, 3.63) is 24.2 Å². The van der Waals surface area contributed by atoms with Gasteiger partial charge >= 0.3 is 0 Å². The average Bonchev–Trinajstić information content (AvgIpc) is 2.94. The summed E-state index contributed by atoms with van der Waals surface area (Å²) in [5.41, 5.74) is 2.14. The molecule has 0 unspecified atom stereocenters. The van der Waals surface area contributed by atoms with Crippen LogP contribution in [0.5, 0.6) is 0 Å². The molecule has 2 saturated heterocycles. The first-order valence-electron chi connectivity index (χ1n) is 9.12. The molecule has 5 nitrogen and oxygen atoms in total. The minimum absolute atomic E-state index is 0.752. The number of rotatable bonds is 4. The third-order valence-corrected chi connectivity index (χ3v) is 5.41. The van der Waals surface area contributed by atoms with Crippen molar-refractivity contribution in [1.82, 2.24) is 25.2 Å². The summed E-state index contributed by atoms with van der Waals surface area (Å²) in [4.78, 5) is 9.57. The van der Waals surface area contributed by atoms with Crippen LogP contribution in [0.25, 0.3) is 11.2 Å². The molecule has 0 atom stereocenters. The number of hydrogen-bond donors (Lipinski definition) is 2. The molecular formula is C18H27N5. The van der Waals surface area contributed by atoms with Gasteiger partial charge in [-0.15, -0.1) is 0 Å². The van der Waals surface area contributed by atoms with E-state index >= 15 is 0 Å². The minimum atomic E-state index is 0.752. The molecule has 0 aliphatic carbocycles.